The number of benzene rings is 1. The molecular weight excluding hydrogens is 136 g/mol. The van der Waals surface area contributed by atoms with Crippen molar-refractivity contribution >= 4 is 12.4 Å². The summed E-state index contributed by atoms with van der Waals surface area (Å²) >= 11 is 0. The van der Waals surface area contributed by atoms with E-state index in [1.807, 2.05) is 37.3 Å². The maximum atomic E-state index is 3.80. The predicted octanol–water partition coefficient (Wildman–Crippen LogP) is 2.11. The maximum Gasteiger partial charge on any atom is 0.0567 e. The molecule has 2 heteroatoms. The van der Waals surface area contributed by atoms with Gasteiger partial charge in [0.05, 0.1) is 6.21 Å². The first-order valence-electron chi connectivity index (χ1n) is 3.49. The van der Waals surface area contributed by atoms with Crippen molar-refractivity contribution in [2.24, 2.45) is 10.2 Å². The van der Waals surface area contributed by atoms with Gasteiger partial charge in [0.1, 0.15) is 0 Å². The third-order valence-electron chi connectivity index (χ3n) is 1.19. The molecule has 56 valence electrons. The normalized spacial score (nSPS) is 11.4. The molecule has 0 amide bonds. The lowest BCUT2D eigenvalue weighted by molar-refractivity contribution is 1.26. The molecule has 0 aliphatic rings. The van der Waals surface area contributed by atoms with Crippen LogP contribution in [0, 0.1) is 0 Å². The fraction of sp³-hybridized carbons (Fsp3) is 0.111. The lowest BCUT2D eigenvalue weighted by Gasteiger charge is -1.86. The summed E-state index contributed by atoms with van der Waals surface area (Å²) in [5.74, 6) is 0. The minimum Gasteiger partial charge on any atom is -0.164 e. The summed E-state index contributed by atoms with van der Waals surface area (Å²) in [6.45, 7) is 1.84. The Morgan fingerprint density at radius 1 is 1.09 bits per heavy atom. The number of hydrogen-bond acceptors (Lipinski definition) is 2. The van der Waals surface area contributed by atoms with E-state index in [4.69, 9.17) is 0 Å². The number of rotatable bonds is 2. The van der Waals surface area contributed by atoms with Crippen LogP contribution in [0.3, 0.4) is 0 Å². The van der Waals surface area contributed by atoms with E-state index in [1.165, 1.54) is 0 Å². The van der Waals surface area contributed by atoms with Crippen molar-refractivity contribution in [3.05, 3.63) is 35.9 Å². The third-order valence-corrected chi connectivity index (χ3v) is 1.19. The smallest absolute Gasteiger partial charge is 0.0567 e. The van der Waals surface area contributed by atoms with Crippen molar-refractivity contribution in [1.29, 1.82) is 0 Å². The topological polar surface area (TPSA) is 24.7 Å². The zero-order valence-corrected chi connectivity index (χ0v) is 6.44. The van der Waals surface area contributed by atoms with Crippen molar-refractivity contribution in [2.45, 2.75) is 6.92 Å². The van der Waals surface area contributed by atoms with E-state index in [9.17, 15) is 0 Å². The Balaban J connectivity index is 2.64. The minimum atomic E-state index is 1.07. The Hall–Kier alpha value is -1.44. The molecular formula is C9H10N2. The van der Waals surface area contributed by atoms with E-state index in [1.54, 1.807) is 12.4 Å². The van der Waals surface area contributed by atoms with E-state index in [-0.39, 0.29) is 0 Å². The molecule has 0 bridgehead atoms. The second-order valence-electron chi connectivity index (χ2n) is 2.03. The summed E-state index contributed by atoms with van der Waals surface area (Å²) in [6, 6.07) is 9.87. The van der Waals surface area contributed by atoms with Crippen molar-refractivity contribution in [3.8, 4) is 0 Å². The molecule has 0 radical (unpaired) electrons. The molecule has 1 aromatic rings. The van der Waals surface area contributed by atoms with Gasteiger partial charge in [-0.05, 0) is 12.5 Å². The van der Waals surface area contributed by atoms with Crippen LogP contribution >= 0.6 is 0 Å². The quantitative estimate of drug-likeness (QED) is 0.451. The number of nitrogens with zero attached hydrogens (tertiary/aromatic N) is 2. The highest BCUT2D eigenvalue weighted by Crippen LogP contribution is 1.93. The molecule has 0 heterocycles. The van der Waals surface area contributed by atoms with Crippen LogP contribution in [0.25, 0.3) is 0 Å². The lowest BCUT2D eigenvalue weighted by Crippen LogP contribution is -1.76. The zero-order chi connectivity index (χ0) is 7.94. The van der Waals surface area contributed by atoms with E-state index < -0.39 is 0 Å². The lowest BCUT2D eigenvalue weighted by atomic mass is 10.2. The fourth-order valence-corrected chi connectivity index (χ4v) is 0.706. The van der Waals surface area contributed by atoms with Crippen LogP contribution in [0.1, 0.15) is 12.5 Å². The Kier molecular flexibility index (Phi) is 3.06. The van der Waals surface area contributed by atoms with Crippen LogP contribution in [0.2, 0.25) is 0 Å². The molecule has 1 aromatic carbocycles. The molecule has 0 N–H and O–H groups in total. The Labute approximate surface area is 66.3 Å². The summed E-state index contributed by atoms with van der Waals surface area (Å²) in [7, 11) is 0. The highest BCUT2D eigenvalue weighted by Gasteiger charge is 1.80. The Morgan fingerprint density at radius 3 is 2.45 bits per heavy atom. The van der Waals surface area contributed by atoms with Crippen LogP contribution in [-0.2, 0) is 0 Å². The minimum absolute atomic E-state index is 1.07. The summed E-state index contributed by atoms with van der Waals surface area (Å²) in [5.41, 5.74) is 1.07. The van der Waals surface area contributed by atoms with Gasteiger partial charge >= 0.3 is 0 Å². The molecule has 0 atom stereocenters. The average molecular weight is 146 g/mol. The first-order chi connectivity index (χ1) is 5.43. The molecule has 0 unspecified atom stereocenters. The van der Waals surface area contributed by atoms with Gasteiger partial charge in [-0.2, -0.15) is 10.2 Å². The predicted molar refractivity (Wildman–Crippen MR) is 48.2 cm³/mol. The molecule has 0 aromatic heterocycles. The summed E-state index contributed by atoms with van der Waals surface area (Å²) in [5, 5.41) is 7.52. The van der Waals surface area contributed by atoms with Crippen molar-refractivity contribution in [1.82, 2.24) is 0 Å². The first kappa shape index (κ1) is 7.66. The molecule has 0 fully saturated rings. The van der Waals surface area contributed by atoms with Crippen LogP contribution < -0.4 is 0 Å². The van der Waals surface area contributed by atoms with E-state index in [2.05, 4.69) is 10.2 Å². The molecule has 0 saturated carbocycles. The van der Waals surface area contributed by atoms with E-state index in [0.29, 0.717) is 0 Å². The highest BCUT2D eigenvalue weighted by molar-refractivity contribution is 5.79. The monoisotopic (exact) mass is 146 g/mol. The highest BCUT2D eigenvalue weighted by atomic mass is 15.2. The van der Waals surface area contributed by atoms with E-state index in [0.717, 1.165) is 5.56 Å². The number of hydrogen-bond donors (Lipinski definition) is 0. The van der Waals surface area contributed by atoms with Gasteiger partial charge in [-0.1, -0.05) is 30.3 Å². The van der Waals surface area contributed by atoms with Crippen molar-refractivity contribution < 1.29 is 0 Å². The second-order valence-corrected chi connectivity index (χ2v) is 2.03. The van der Waals surface area contributed by atoms with Gasteiger partial charge in [0, 0.05) is 6.21 Å². The zero-order valence-electron chi connectivity index (χ0n) is 6.44. The fourth-order valence-electron chi connectivity index (χ4n) is 0.706. The summed E-state index contributed by atoms with van der Waals surface area (Å²) in [6.07, 6.45) is 3.37. The molecule has 1 rings (SSSR count). The second kappa shape index (κ2) is 4.39. The molecule has 0 aliphatic heterocycles. The van der Waals surface area contributed by atoms with Crippen LogP contribution in [0.15, 0.2) is 40.5 Å². The van der Waals surface area contributed by atoms with Crippen molar-refractivity contribution in [3.63, 3.8) is 0 Å². The summed E-state index contributed by atoms with van der Waals surface area (Å²) in [4.78, 5) is 0. The maximum absolute atomic E-state index is 3.80. The van der Waals surface area contributed by atoms with Crippen LogP contribution in [-0.4, -0.2) is 12.4 Å². The molecule has 11 heavy (non-hydrogen) atoms. The first-order valence-corrected chi connectivity index (χ1v) is 3.49. The third kappa shape index (κ3) is 2.76. The van der Waals surface area contributed by atoms with Gasteiger partial charge in [-0.15, -0.1) is 0 Å². The standard InChI is InChI=1S/C9H10N2/c1-2-10-11-8-9-6-4-3-5-7-9/h2-8H,1H3/b10-2+,11-8+. The largest absolute Gasteiger partial charge is 0.164 e. The average Bonchev–Trinajstić information content (AvgIpc) is 2.07. The summed E-state index contributed by atoms with van der Waals surface area (Å²) < 4.78 is 0. The van der Waals surface area contributed by atoms with Gasteiger partial charge in [0.2, 0.25) is 0 Å². The SMILES string of the molecule is C/C=N/N=C/c1ccccc1. The van der Waals surface area contributed by atoms with Crippen LogP contribution in [0.5, 0.6) is 0 Å². The molecule has 0 saturated heterocycles. The van der Waals surface area contributed by atoms with Gasteiger partial charge < -0.3 is 0 Å². The molecule has 0 aliphatic carbocycles. The Bertz CT molecular complexity index is 250. The van der Waals surface area contributed by atoms with Gasteiger partial charge in [0.25, 0.3) is 0 Å². The molecule has 0 spiro atoms. The van der Waals surface area contributed by atoms with E-state index >= 15 is 0 Å². The van der Waals surface area contributed by atoms with Crippen LogP contribution in [0.4, 0.5) is 0 Å². The van der Waals surface area contributed by atoms with Gasteiger partial charge in [-0.25, -0.2) is 0 Å². The molecule has 2 nitrogen and oxygen atoms in total. The van der Waals surface area contributed by atoms with Gasteiger partial charge in [-0.3, -0.25) is 0 Å². The van der Waals surface area contributed by atoms with Crippen molar-refractivity contribution in [2.75, 3.05) is 0 Å². The van der Waals surface area contributed by atoms with Gasteiger partial charge in [0.15, 0.2) is 0 Å². The Morgan fingerprint density at radius 2 is 1.82 bits per heavy atom.